The Morgan fingerprint density at radius 3 is 2.15 bits per heavy atom. The minimum atomic E-state index is -3.63. The van der Waals surface area contributed by atoms with Crippen LogP contribution in [0.1, 0.15) is 44.1 Å². The van der Waals surface area contributed by atoms with Crippen molar-refractivity contribution in [2.75, 3.05) is 12.4 Å². The number of sulfonamides is 1. The third-order valence-corrected chi connectivity index (χ3v) is 8.13. The molecular formula is C20H27ClN2O2S. The third kappa shape index (κ3) is 3.65. The fourth-order valence-electron chi connectivity index (χ4n) is 5.78. The van der Waals surface area contributed by atoms with Crippen LogP contribution in [-0.2, 0) is 10.0 Å². The van der Waals surface area contributed by atoms with Gasteiger partial charge in [-0.25, -0.2) is 8.42 Å². The highest BCUT2D eigenvalue weighted by Crippen LogP contribution is 2.60. The highest BCUT2D eigenvalue weighted by Gasteiger charge is 2.50. The number of nitrogens with zero attached hydrogens (tertiary/aromatic N) is 1. The molecule has 4 bridgehead atoms. The molecule has 5 rings (SSSR count). The fraction of sp³-hybridized carbons (Fsp3) is 0.650. The number of rotatable bonds is 5. The van der Waals surface area contributed by atoms with Crippen LogP contribution in [0.2, 0.25) is 0 Å². The van der Waals surface area contributed by atoms with Crippen molar-refractivity contribution in [3.63, 3.8) is 0 Å². The summed E-state index contributed by atoms with van der Waals surface area (Å²) in [4.78, 5) is 4.90. The van der Waals surface area contributed by atoms with Gasteiger partial charge in [-0.15, -0.1) is 11.6 Å². The zero-order valence-corrected chi connectivity index (χ0v) is 16.8. The summed E-state index contributed by atoms with van der Waals surface area (Å²) < 4.78 is 27.8. The molecule has 4 aliphatic rings. The molecule has 1 aromatic carbocycles. The Kier molecular flexibility index (Phi) is 4.81. The monoisotopic (exact) mass is 394 g/mol. The van der Waals surface area contributed by atoms with E-state index in [4.69, 9.17) is 11.6 Å². The predicted molar refractivity (Wildman–Crippen MR) is 105 cm³/mol. The molecule has 0 radical (unpaired) electrons. The first-order valence-electron chi connectivity index (χ1n) is 9.56. The Morgan fingerprint density at radius 2 is 1.65 bits per heavy atom. The van der Waals surface area contributed by atoms with Crippen LogP contribution in [0, 0.1) is 30.1 Å². The van der Waals surface area contributed by atoms with Crippen molar-refractivity contribution in [3.8, 4) is 0 Å². The van der Waals surface area contributed by atoms with E-state index in [1.807, 2.05) is 6.92 Å². The second-order valence-electron chi connectivity index (χ2n) is 8.73. The molecule has 0 heterocycles. The van der Waals surface area contributed by atoms with E-state index in [-0.39, 0.29) is 16.2 Å². The van der Waals surface area contributed by atoms with Gasteiger partial charge < -0.3 is 0 Å². The molecule has 4 aliphatic carbocycles. The molecule has 0 aliphatic heterocycles. The molecule has 0 spiro atoms. The first-order valence-corrected chi connectivity index (χ1v) is 11.6. The molecule has 0 aromatic heterocycles. The number of aryl methyl sites for hydroxylation is 1. The molecule has 0 amide bonds. The smallest absolute Gasteiger partial charge is 0.262 e. The summed E-state index contributed by atoms with van der Waals surface area (Å²) in [6.45, 7) is 2.63. The number of alkyl halides is 1. The number of benzene rings is 1. The van der Waals surface area contributed by atoms with Crippen molar-refractivity contribution in [2.24, 2.45) is 28.2 Å². The van der Waals surface area contributed by atoms with E-state index in [0.29, 0.717) is 12.4 Å². The summed E-state index contributed by atoms with van der Waals surface area (Å²) in [5.41, 5.74) is 1.30. The van der Waals surface area contributed by atoms with Crippen LogP contribution in [0.25, 0.3) is 0 Å². The zero-order chi connectivity index (χ0) is 18.4. The number of nitrogens with one attached hydrogen (secondary N) is 1. The van der Waals surface area contributed by atoms with E-state index >= 15 is 0 Å². The number of aliphatic imine (C=N–C) groups is 1. The molecule has 0 atom stereocenters. The van der Waals surface area contributed by atoms with Crippen LogP contribution in [0.15, 0.2) is 34.2 Å². The Hall–Kier alpha value is -1.07. The van der Waals surface area contributed by atoms with E-state index in [9.17, 15) is 8.42 Å². The third-order valence-electron chi connectivity index (χ3n) is 6.48. The molecule has 4 fully saturated rings. The lowest BCUT2D eigenvalue weighted by Crippen LogP contribution is -2.47. The second-order valence-corrected chi connectivity index (χ2v) is 10.7. The Balaban J connectivity index is 1.48. The van der Waals surface area contributed by atoms with Gasteiger partial charge in [0.2, 0.25) is 0 Å². The largest absolute Gasteiger partial charge is 0.270 e. The van der Waals surface area contributed by atoms with Crippen LogP contribution in [0.4, 0.5) is 0 Å². The second kappa shape index (κ2) is 6.83. The maximum atomic E-state index is 12.6. The van der Waals surface area contributed by atoms with Crippen LogP contribution >= 0.6 is 11.6 Å². The van der Waals surface area contributed by atoms with Crippen LogP contribution in [0.3, 0.4) is 0 Å². The molecule has 0 saturated heterocycles. The average molecular weight is 395 g/mol. The van der Waals surface area contributed by atoms with Gasteiger partial charge in [-0.3, -0.25) is 9.71 Å². The highest BCUT2D eigenvalue weighted by atomic mass is 35.5. The Morgan fingerprint density at radius 1 is 1.12 bits per heavy atom. The minimum Gasteiger partial charge on any atom is -0.270 e. The topological polar surface area (TPSA) is 58.5 Å². The van der Waals surface area contributed by atoms with Gasteiger partial charge >= 0.3 is 0 Å². The summed E-state index contributed by atoms with van der Waals surface area (Å²) in [6.07, 6.45) is 7.94. The van der Waals surface area contributed by atoms with Gasteiger partial charge in [-0.05, 0) is 80.8 Å². The Labute approximate surface area is 161 Å². The van der Waals surface area contributed by atoms with Gasteiger partial charge in [-0.1, -0.05) is 17.7 Å². The summed E-state index contributed by atoms with van der Waals surface area (Å²) in [5, 5.41) is 0. The maximum absolute atomic E-state index is 12.6. The van der Waals surface area contributed by atoms with Crippen molar-refractivity contribution >= 4 is 27.5 Å². The molecule has 26 heavy (non-hydrogen) atoms. The van der Waals surface area contributed by atoms with Crippen LogP contribution < -0.4 is 4.72 Å². The molecule has 4 saturated carbocycles. The van der Waals surface area contributed by atoms with Crippen molar-refractivity contribution in [1.82, 2.24) is 4.72 Å². The number of amidine groups is 1. The van der Waals surface area contributed by atoms with Gasteiger partial charge in [0.1, 0.15) is 5.84 Å². The summed E-state index contributed by atoms with van der Waals surface area (Å²) in [6, 6.07) is 6.81. The van der Waals surface area contributed by atoms with E-state index in [1.54, 1.807) is 24.3 Å². The van der Waals surface area contributed by atoms with Crippen molar-refractivity contribution in [2.45, 2.75) is 50.3 Å². The van der Waals surface area contributed by atoms with E-state index < -0.39 is 10.0 Å². The van der Waals surface area contributed by atoms with E-state index in [0.717, 1.165) is 23.3 Å². The van der Waals surface area contributed by atoms with Crippen molar-refractivity contribution < 1.29 is 8.42 Å². The van der Waals surface area contributed by atoms with Gasteiger partial charge in [0, 0.05) is 6.54 Å². The van der Waals surface area contributed by atoms with Crippen molar-refractivity contribution in [3.05, 3.63) is 29.8 Å². The Bertz CT molecular complexity index is 766. The molecule has 4 nitrogen and oxygen atoms in total. The molecular weight excluding hydrogens is 368 g/mol. The summed E-state index contributed by atoms with van der Waals surface area (Å²) in [5.74, 6) is 3.03. The van der Waals surface area contributed by atoms with Gasteiger partial charge in [0.15, 0.2) is 0 Å². The first kappa shape index (κ1) is 18.3. The normalized spacial score (nSPS) is 33.5. The van der Waals surface area contributed by atoms with Crippen LogP contribution in [0.5, 0.6) is 0 Å². The number of hydrogen-bond acceptors (Lipinski definition) is 3. The van der Waals surface area contributed by atoms with Gasteiger partial charge in [0.05, 0.1) is 10.8 Å². The van der Waals surface area contributed by atoms with E-state index in [1.165, 1.54) is 38.5 Å². The first-order chi connectivity index (χ1) is 12.4. The molecule has 6 heteroatoms. The lowest BCUT2D eigenvalue weighted by atomic mass is 9.49. The molecule has 1 aromatic rings. The number of hydrogen-bond donors (Lipinski definition) is 1. The lowest BCUT2D eigenvalue weighted by molar-refractivity contribution is -0.0465. The molecule has 1 N–H and O–H groups in total. The molecule has 142 valence electrons. The minimum absolute atomic E-state index is 0.0808. The fourth-order valence-corrected chi connectivity index (χ4v) is 7.07. The number of halogens is 1. The molecule has 0 unspecified atom stereocenters. The lowest BCUT2D eigenvalue weighted by Gasteiger charge is -2.56. The SMILES string of the molecule is Cc1ccc(S(=O)(=O)NC(CCl)=NCC23CC4CC(CC(C4)C2)C3)cc1. The zero-order valence-electron chi connectivity index (χ0n) is 15.2. The average Bonchev–Trinajstić information content (AvgIpc) is 2.58. The summed E-state index contributed by atoms with van der Waals surface area (Å²) in [7, 11) is -3.63. The van der Waals surface area contributed by atoms with Crippen LogP contribution in [-0.4, -0.2) is 26.7 Å². The van der Waals surface area contributed by atoms with Gasteiger partial charge in [0.25, 0.3) is 10.0 Å². The maximum Gasteiger partial charge on any atom is 0.262 e. The predicted octanol–water partition coefficient (Wildman–Crippen LogP) is 4.13. The quantitative estimate of drug-likeness (QED) is 0.463. The van der Waals surface area contributed by atoms with Gasteiger partial charge in [-0.2, -0.15) is 0 Å². The highest BCUT2D eigenvalue weighted by molar-refractivity contribution is 7.90. The van der Waals surface area contributed by atoms with E-state index in [2.05, 4.69) is 9.71 Å². The van der Waals surface area contributed by atoms with Crippen molar-refractivity contribution in [1.29, 1.82) is 0 Å². The summed E-state index contributed by atoms with van der Waals surface area (Å²) >= 11 is 6.01. The standard InChI is InChI=1S/C20H27ClN2O2S/c1-14-2-4-18(5-3-14)26(24,25)23-19(12-21)22-13-20-9-15-6-16(10-20)8-17(7-15)11-20/h2-5,15-17H,6-13H2,1H3,(H,22,23).